The maximum absolute atomic E-state index is 3.88. The van der Waals surface area contributed by atoms with Gasteiger partial charge in [0.1, 0.15) is 0 Å². The smallest absolute Gasteiger partial charge is 0.0351 e. The SMILES string of the molecule is [CH2]CCCCCC=CCCCCCCCCCCC[CH2]. The van der Waals surface area contributed by atoms with E-state index in [4.69, 9.17) is 0 Å². The highest BCUT2D eigenvalue weighted by Gasteiger charge is 1.92. The Kier molecular flexibility index (Phi) is 18.5. The number of hydrogen-bond acceptors (Lipinski definition) is 0. The molecule has 0 bridgehead atoms. The number of rotatable bonds is 16. The highest BCUT2D eigenvalue weighted by atomic mass is 14.0. The molecule has 0 saturated heterocycles. The summed E-state index contributed by atoms with van der Waals surface area (Å²) in [7, 11) is 0. The first-order valence-corrected chi connectivity index (χ1v) is 9.15. The van der Waals surface area contributed by atoms with Gasteiger partial charge in [0.05, 0.1) is 0 Å². The van der Waals surface area contributed by atoms with Crippen molar-refractivity contribution in [2.45, 2.75) is 103 Å². The van der Waals surface area contributed by atoms with Gasteiger partial charge in [0.25, 0.3) is 0 Å². The Bertz CT molecular complexity index is 180. The van der Waals surface area contributed by atoms with Crippen molar-refractivity contribution in [2.75, 3.05) is 0 Å². The molecule has 0 N–H and O–H groups in total. The van der Waals surface area contributed by atoms with Gasteiger partial charge in [-0.2, -0.15) is 0 Å². The van der Waals surface area contributed by atoms with Crippen molar-refractivity contribution >= 4 is 0 Å². The van der Waals surface area contributed by atoms with E-state index in [1.165, 1.54) is 89.9 Å². The van der Waals surface area contributed by atoms with Crippen LogP contribution in [-0.4, -0.2) is 0 Å². The van der Waals surface area contributed by atoms with E-state index in [1.807, 2.05) is 0 Å². The first kappa shape index (κ1) is 19.7. The molecule has 118 valence electrons. The van der Waals surface area contributed by atoms with Crippen LogP contribution in [0.3, 0.4) is 0 Å². The minimum Gasteiger partial charge on any atom is -0.0885 e. The van der Waals surface area contributed by atoms with E-state index >= 15 is 0 Å². The Morgan fingerprint density at radius 2 is 0.700 bits per heavy atom. The molecule has 0 rings (SSSR count). The molecule has 0 heteroatoms. The predicted molar refractivity (Wildman–Crippen MR) is 93.7 cm³/mol. The van der Waals surface area contributed by atoms with Crippen LogP contribution in [0.1, 0.15) is 103 Å². The van der Waals surface area contributed by atoms with Gasteiger partial charge in [0.2, 0.25) is 0 Å². The molecule has 0 nitrogen and oxygen atoms in total. The van der Waals surface area contributed by atoms with Crippen LogP contribution in [0.5, 0.6) is 0 Å². The summed E-state index contributed by atoms with van der Waals surface area (Å²) < 4.78 is 0. The van der Waals surface area contributed by atoms with E-state index in [0.29, 0.717) is 0 Å². The zero-order valence-electron chi connectivity index (χ0n) is 13.9. The highest BCUT2D eigenvalue weighted by molar-refractivity contribution is 4.81. The lowest BCUT2D eigenvalue weighted by Crippen LogP contribution is -1.81. The molecule has 0 aromatic carbocycles. The lowest BCUT2D eigenvalue weighted by Gasteiger charge is -2.01. The molecule has 0 unspecified atom stereocenters. The summed E-state index contributed by atoms with van der Waals surface area (Å²) in [6.45, 7) is 7.76. The van der Waals surface area contributed by atoms with Crippen LogP contribution < -0.4 is 0 Å². The molecule has 0 aromatic heterocycles. The molecular weight excluding hydrogens is 240 g/mol. The van der Waals surface area contributed by atoms with Crippen LogP contribution in [0.25, 0.3) is 0 Å². The van der Waals surface area contributed by atoms with Gasteiger partial charge in [0, 0.05) is 0 Å². The topological polar surface area (TPSA) is 0 Å². The van der Waals surface area contributed by atoms with Crippen molar-refractivity contribution < 1.29 is 0 Å². The summed E-state index contributed by atoms with van der Waals surface area (Å²) in [5.41, 5.74) is 0. The Morgan fingerprint density at radius 1 is 0.400 bits per heavy atom. The summed E-state index contributed by atoms with van der Waals surface area (Å²) in [6.07, 6.45) is 26.2. The molecule has 0 saturated carbocycles. The molecule has 0 aliphatic heterocycles. The minimum absolute atomic E-state index is 1.10. The van der Waals surface area contributed by atoms with Crippen molar-refractivity contribution in [3.05, 3.63) is 26.0 Å². The third-order valence-corrected chi connectivity index (χ3v) is 3.91. The Morgan fingerprint density at radius 3 is 1.10 bits per heavy atom. The molecular formula is C20H38. The van der Waals surface area contributed by atoms with Crippen molar-refractivity contribution in [2.24, 2.45) is 0 Å². The van der Waals surface area contributed by atoms with E-state index < -0.39 is 0 Å². The standard InChI is InChI=1S/C20H38/c1-3-5-7-9-11-13-15-17-19-20-18-16-14-12-10-8-6-4-2/h13,15H,1-12,14,16-20H2. The average Bonchev–Trinajstić information content (AvgIpc) is 2.47. The van der Waals surface area contributed by atoms with Crippen LogP contribution in [-0.2, 0) is 0 Å². The summed E-state index contributed by atoms with van der Waals surface area (Å²) in [5, 5.41) is 0. The molecule has 0 fully saturated rings. The lowest BCUT2D eigenvalue weighted by molar-refractivity contribution is 0.561. The van der Waals surface area contributed by atoms with Crippen molar-refractivity contribution in [1.29, 1.82) is 0 Å². The first-order chi connectivity index (χ1) is 9.91. The zero-order chi connectivity index (χ0) is 14.7. The monoisotopic (exact) mass is 278 g/mol. The van der Waals surface area contributed by atoms with E-state index in [-0.39, 0.29) is 0 Å². The predicted octanol–water partition coefficient (Wildman–Crippen LogP) is 7.45. The summed E-state index contributed by atoms with van der Waals surface area (Å²) in [4.78, 5) is 0. The molecule has 0 heterocycles. The van der Waals surface area contributed by atoms with Gasteiger partial charge in [-0.25, -0.2) is 0 Å². The molecule has 0 aliphatic rings. The maximum Gasteiger partial charge on any atom is -0.0351 e. The molecule has 2 radical (unpaired) electrons. The van der Waals surface area contributed by atoms with Gasteiger partial charge in [-0.15, -0.1) is 0 Å². The second-order valence-corrected chi connectivity index (χ2v) is 6.00. The van der Waals surface area contributed by atoms with Gasteiger partial charge in [-0.3, -0.25) is 0 Å². The van der Waals surface area contributed by atoms with Crippen LogP contribution >= 0.6 is 0 Å². The van der Waals surface area contributed by atoms with Crippen molar-refractivity contribution in [1.82, 2.24) is 0 Å². The van der Waals surface area contributed by atoms with E-state index in [0.717, 1.165) is 12.8 Å². The summed E-state index contributed by atoms with van der Waals surface area (Å²) in [6, 6.07) is 0. The molecule has 20 heavy (non-hydrogen) atoms. The third-order valence-electron chi connectivity index (χ3n) is 3.91. The van der Waals surface area contributed by atoms with Crippen molar-refractivity contribution in [3.8, 4) is 0 Å². The van der Waals surface area contributed by atoms with Crippen LogP contribution in [0.15, 0.2) is 12.2 Å². The number of allylic oxidation sites excluding steroid dienone is 2. The molecule has 0 aromatic rings. The van der Waals surface area contributed by atoms with Crippen LogP contribution in [0.2, 0.25) is 0 Å². The van der Waals surface area contributed by atoms with Gasteiger partial charge < -0.3 is 0 Å². The Hall–Kier alpha value is -0.260. The summed E-state index contributed by atoms with van der Waals surface area (Å²) >= 11 is 0. The first-order valence-electron chi connectivity index (χ1n) is 9.15. The van der Waals surface area contributed by atoms with Crippen LogP contribution in [0.4, 0.5) is 0 Å². The minimum atomic E-state index is 1.10. The van der Waals surface area contributed by atoms with E-state index in [2.05, 4.69) is 26.0 Å². The normalized spacial score (nSPS) is 11.5. The fourth-order valence-corrected chi connectivity index (χ4v) is 2.53. The van der Waals surface area contributed by atoms with Gasteiger partial charge >= 0.3 is 0 Å². The summed E-state index contributed by atoms with van der Waals surface area (Å²) in [5.74, 6) is 0. The molecule has 0 amide bonds. The maximum atomic E-state index is 3.88. The fraction of sp³-hybridized carbons (Fsp3) is 0.800. The third kappa shape index (κ3) is 17.7. The second-order valence-electron chi connectivity index (χ2n) is 6.00. The quantitative estimate of drug-likeness (QED) is 0.203. The van der Waals surface area contributed by atoms with E-state index in [1.54, 1.807) is 0 Å². The number of unbranched alkanes of at least 4 members (excludes halogenated alkanes) is 14. The number of hydrogen-bond donors (Lipinski definition) is 0. The molecule has 0 spiro atoms. The fourth-order valence-electron chi connectivity index (χ4n) is 2.53. The van der Waals surface area contributed by atoms with E-state index in [9.17, 15) is 0 Å². The Labute approximate surface area is 129 Å². The second kappa shape index (κ2) is 18.7. The highest BCUT2D eigenvalue weighted by Crippen LogP contribution is 2.11. The molecule has 0 atom stereocenters. The van der Waals surface area contributed by atoms with Crippen LogP contribution in [0, 0.1) is 13.8 Å². The van der Waals surface area contributed by atoms with Gasteiger partial charge in [-0.05, 0) is 25.7 Å². The molecule has 0 aliphatic carbocycles. The zero-order valence-corrected chi connectivity index (χ0v) is 13.9. The largest absolute Gasteiger partial charge is 0.0885 e. The van der Waals surface area contributed by atoms with Crippen molar-refractivity contribution in [3.63, 3.8) is 0 Å². The Balaban J connectivity index is 3.00. The van der Waals surface area contributed by atoms with Gasteiger partial charge in [0.15, 0.2) is 0 Å². The lowest BCUT2D eigenvalue weighted by atomic mass is 10.1. The average molecular weight is 279 g/mol. The van der Waals surface area contributed by atoms with Gasteiger partial charge in [-0.1, -0.05) is 103 Å².